The van der Waals surface area contributed by atoms with E-state index in [1.165, 1.54) is 30.4 Å². The number of carbonyl (C=O) groups is 1. The third-order valence-corrected chi connectivity index (χ3v) is 5.79. The van der Waals surface area contributed by atoms with Gasteiger partial charge in [0.1, 0.15) is 11.7 Å². The molecule has 1 aliphatic heterocycles. The van der Waals surface area contributed by atoms with Gasteiger partial charge in [-0.2, -0.15) is 15.2 Å². The number of benzene rings is 2. The van der Waals surface area contributed by atoms with Gasteiger partial charge in [-0.1, -0.05) is 28.9 Å². The normalized spacial score (nSPS) is 15.7. The van der Waals surface area contributed by atoms with Gasteiger partial charge in [0, 0.05) is 6.54 Å². The number of carbonyl (C=O) groups excluding carboxylic acids is 1. The van der Waals surface area contributed by atoms with Crippen LogP contribution >= 0.6 is 11.6 Å². The number of hydrogen-bond acceptors (Lipinski definition) is 7. The number of para-hydroxylation sites is 2. The quantitative estimate of drug-likeness (QED) is 0.435. The van der Waals surface area contributed by atoms with Crippen molar-refractivity contribution < 1.29 is 18.4 Å². The molecule has 1 amide bonds. The number of amides is 1. The number of ether oxygens (including phenoxy) is 1. The lowest BCUT2D eigenvalue weighted by molar-refractivity contribution is 0.0709. The molecule has 9 nitrogen and oxygen atoms in total. The standard InChI is InChI=1S/C22H18ClFN6O3/c1-32-19-14(6-3-8-16(19)24)20-27-21(33-28-20)17-9-4-12-29(17)22(31)13-5-2-7-15(23)18(13)30-25-10-11-26-30/h2-3,5-8,10-11,17H,4,9,12H2,1H3. The Labute approximate surface area is 192 Å². The molecule has 1 aliphatic rings. The highest BCUT2D eigenvalue weighted by atomic mass is 35.5. The fourth-order valence-electron chi connectivity index (χ4n) is 4.02. The van der Waals surface area contributed by atoms with Crippen molar-refractivity contribution >= 4 is 17.5 Å². The van der Waals surface area contributed by atoms with Gasteiger partial charge in [0.05, 0.1) is 35.7 Å². The molecule has 1 unspecified atom stereocenters. The summed E-state index contributed by atoms with van der Waals surface area (Å²) in [5.41, 5.74) is 1.12. The predicted octanol–water partition coefficient (Wildman–Crippen LogP) is 4.10. The summed E-state index contributed by atoms with van der Waals surface area (Å²) in [6.07, 6.45) is 4.42. The largest absolute Gasteiger partial charge is 0.493 e. The Kier molecular flexibility index (Phi) is 5.51. The first-order valence-electron chi connectivity index (χ1n) is 10.2. The Balaban J connectivity index is 1.48. The monoisotopic (exact) mass is 468 g/mol. The highest BCUT2D eigenvalue weighted by molar-refractivity contribution is 6.33. The van der Waals surface area contributed by atoms with E-state index in [2.05, 4.69) is 20.3 Å². The van der Waals surface area contributed by atoms with E-state index in [4.69, 9.17) is 20.9 Å². The molecule has 0 radical (unpaired) electrons. The van der Waals surface area contributed by atoms with Gasteiger partial charge in [0.25, 0.3) is 5.91 Å². The van der Waals surface area contributed by atoms with Crippen LogP contribution in [0.15, 0.2) is 53.3 Å². The molecule has 4 aromatic rings. The number of methoxy groups -OCH3 is 1. The number of nitrogens with zero attached hydrogens (tertiary/aromatic N) is 6. The van der Waals surface area contributed by atoms with Crippen LogP contribution in [0.2, 0.25) is 5.02 Å². The van der Waals surface area contributed by atoms with E-state index in [-0.39, 0.29) is 23.4 Å². The SMILES string of the molecule is COc1c(F)cccc1-c1noc(C2CCCN2C(=O)c2cccc(Cl)c2-n2nccn2)n1. The maximum Gasteiger partial charge on any atom is 0.256 e. The molecule has 0 N–H and O–H groups in total. The predicted molar refractivity (Wildman–Crippen MR) is 116 cm³/mol. The minimum Gasteiger partial charge on any atom is -0.493 e. The van der Waals surface area contributed by atoms with Gasteiger partial charge in [0.15, 0.2) is 11.6 Å². The maximum absolute atomic E-state index is 14.1. The van der Waals surface area contributed by atoms with E-state index in [9.17, 15) is 9.18 Å². The van der Waals surface area contributed by atoms with Crippen molar-refractivity contribution in [3.63, 3.8) is 0 Å². The third kappa shape index (κ3) is 3.72. The molecule has 3 heterocycles. The smallest absolute Gasteiger partial charge is 0.256 e. The molecule has 1 saturated heterocycles. The second kappa shape index (κ2) is 8.62. The average Bonchev–Trinajstić information content (AvgIpc) is 3.59. The molecule has 1 atom stereocenters. The lowest BCUT2D eigenvalue weighted by Crippen LogP contribution is -2.31. The average molecular weight is 469 g/mol. The fourth-order valence-corrected chi connectivity index (χ4v) is 4.27. The molecule has 33 heavy (non-hydrogen) atoms. The zero-order chi connectivity index (χ0) is 22.9. The molecule has 2 aromatic heterocycles. The van der Waals surface area contributed by atoms with E-state index in [0.29, 0.717) is 34.8 Å². The first-order valence-corrected chi connectivity index (χ1v) is 10.6. The fraction of sp³-hybridized carbons (Fsp3) is 0.227. The van der Waals surface area contributed by atoms with Crippen LogP contribution in [-0.2, 0) is 0 Å². The van der Waals surface area contributed by atoms with Gasteiger partial charge in [-0.05, 0) is 37.1 Å². The molecule has 5 rings (SSSR count). The van der Waals surface area contributed by atoms with Crippen LogP contribution in [0.4, 0.5) is 4.39 Å². The van der Waals surface area contributed by atoms with E-state index in [1.807, 2.05) is 0 Å². The zero-order valence-electron chi connectivity index (χ0n) is 17.5. The van der Waals surface area contributed by atoms with Crippen molar-refractivity contribution in [3.05, 3.63) is 71.1 Å². The Hall–Kier alpha value is -3.79. The molecule has 168 valence electrons. The summed E-state index contributed by atoms with van der Waals surface area (Å²) in [6, 6.07) is 9.10. The topological polar surface area (TPSA) is 99.2 Å². The first kappa shape index (κ1) is 21.1. The summed E-state index contributed by atoms with van der Waals surface area (Å²) < 4.78 is 24.7. The van der Waals surface area contributed by atoms with Crippen molar-refractivity contribution in [2.45, 2.75) is 18.9 Å². The number of halogens is 2. The van der Waals surface area contributed by atoms with Crippen LogP contribution in [0.5, 0.6) is 5.75 Å². The Morgan fingerprint density at radius 3 is 2.79 bits per heavy atom. The molecule has 1 fully saturated rings. The minimum absolute atomic E-state index is 0.0273. The molecule has 0 spiro atoms. The second-order valence-corrected chi connectivity index (χ2v) is 7.80. The van der Waals surface area contributed by atoms with Gasteiger partial charge in [-0.3, -0.25) is 4.79 Å². The van der Waals surface area contributed by atoms with E-state index >= 15 is 0 Å². The van der Waals surface area contributed by atoms with E-state index in [1.54, 1.807) is 35.2 Å². The van der Waals surface area contributed by atoms with Gasteiger partial charge >= 0.3 is 0 Å². The lowest BCUT2D eigenvalue weighted by Gasteiger charge is -2.23. The van der Waals surface area contributed by atoms with Crippen LogP contribution in [0.3, 0.4) is 0 Å². The van der Waals surface area contributed by atoms with Gasteiger partial charge in [-0.15, -0.1) is 4.80 Å². The van der Waals surface area contributed by atoms with Gasteiger partial charge in [0.2, 0.25) is 11.7 Å². The number of hydrogen-bond donors (Lipinski definition) is 0. The summed E-state index contributed by atoms with van der Waals surface area (Å²) in [5, 5.41) is 12.6. The molecule has 2 aromatic carbocycles. The molecule has 0 saturated carbocycles. The van der Waals surface area contributed by atoms with Crippen molar-refractivity contribution in [1.29, 1.82) is 0 Å². The number of aromatic nitrogens is 5. The first-order chi connectivity index (χ1) is 16.1. The van der Waals surface area contributed by atoms with Gasteiger partial charge in [-0.25, -0.2) is 4.39 Å². The van der Waals surface area contributed by atoms with Crippen LogP contribution in [0.1, 0.15) is 35.1 Å². The van der Waals surface area contributed by atoms with Crippen molar-refractivity contribution in [3.8, 4) is 22.8 Å². The molecule has 0 aliphatic carbocycles. The van der Waals surface area contributed by atoms with Crippen LogP contribution < -0.4 is 4.74 Å². The Bertz CT molecular complexity index is 1310. The van der Waals surface area contributed by atoms with Crippen molar-refractivity contribution in [1.82, 2.24) is 30.0 Å². The summed E-state index contributed by atoms with van der Waals surface area (Å²) in [7, 11) is 1.37. The number of rotatable bonds is 5. The second-order valence-electron chi connectivity index (χ2n) is 7.39. The Morgan fingerprint density at radius 1 is 1.21 bits per heavy atom. The van der Waals surface area contributed by atoms with Crippen LogP contribution in [0, 0.1) is 5.82 Å². The third-order valence-electron chi connectivity index (χ3n) is 5.49. The summed E-state index contributed by atoms with van der Waals surface area (Å²) in [4.78, 5) is 21.0. The van der Waals surface area contributed by atoms with Crippen molar-refractivity contribution in [2.75, 3.05) is 13.7 Å². The Morgan fingerprint density at radius 2 is 2.00 bits per heavy atom. The molecule has 11 heteroatoms. The highest BCUT2D eigenvalue weighted by Gasteiger charge is 2.36. The van der Waals surface area contributed by atoms with Crippen LogP contribution in [0.25, 0.3) is 17.1 Å². The van der Waals surface area contributed by atoms with Gasteiger partial charge < -0.3 is 14.2 Å². The molecule has 0 bridgehead atoms. The summed E-state index contributed by atoms with van der Waals surface area (Å²) in [5.74, 6) is -0.303. The van der Waals surface area contributed by atoms with Crippen molar-refractivity contribution in [2.24, 2.45) is 0 Å². The summed E-state index contributed by atoms with van der Waals surface area (Å²) >= 11 is 6.38. The zero-order valence-corrected chi connectivity index (χ0v) is 18.2. The molecular weight excluding hydrogens is 451 g/mol. The van der Waals surface area contributed by atoms with Crippen LogP contribution in [-0.4, -0.2) is 49.6 Å². The molecular formula is C22H18ClFN6O3. The van der Waals surface area contributed by atoms with E-state index in [0.717, 1.165) is 6.42 Å². The summed E-state index contributed by atoms with van der Waals surface area (Å²) in [6.45, 7) is 0.503. The maximum atomic E-state index is 14.1. The number of likely N-dealkylation sites (tertiary alicyclic amines) is 1. The minimum atomic E-state index is -0.528. The highest BCUT2D eigenvalue weighted by Crippen LogP contribution is 2.36. The lowest BCUT2D eigenvalue weighted by atomic mass is 10.1. The van der Waals surface area contributed by atoms with E-state index < -0.39 is 11.9 Å².